The molecule has 0 saturated carbocycles. The van der Waals surface area contributed by atoms with Crippen LogP contribution in [-0.4, -0.2) is 19.1 Å². The number of nitroso groups, excluding NO2 is 1. The van der Waals surface area contributed by atoms with Gasteiger partial charge in [0.1, 0.15) is 0 Å². The summed E-state index contributed by atoms with van der Waals surface area (Å²) >= 11 is 0. The Hall–Kier alpha value is -1.15. The number of hydrogen-bond acceptors (Lipinski definition) is 4. The molecule has 11 heavy (non-hydrogen) atoms. The third-order valence-electron chi connectivity index (χ3n) is 1.77. The fourth-order valence-electron chi connectivity index (χ4n) is 1.21. The third kappa shape index (κ3) is 2.16. The van der Waals surface area contributed by atoms with E-state index in [0.29, 0.717) is 19.5 Å². The molecule has 2 N–H and O–H groups in total. The summed E-state index contributed by atoms with van der Waals surface area (Å²) in [5, 5.41) is 14.2. The Bertz CT molecular complexity index is 176. The molecule has 0 aromatic heterocycles. The van der Waals surface area contributed by atoms with E-state index >= 15 is 0 Å². The van der Waals surface area contributed by atoms with Gasteiger partial charge >= 0.3 is 0 Å². The van der Waals surface area contributed by atoms with Gasteiger partial charge in [0, 0.05) is 18.4 Å². The Kier molecular flexibility index (Phi) is 2.81. The van der Waals surface area contributed by atoms with Gasteiger partial charge in [0.25, 0.3) is 0 Å². The van der Waals surface area contributed by atoms with Crippen molar-refractivity contribution in [3.05, 3.63) is 4.91 Å². The van der Waals surface area contributed by atoms with Crippen molar-refractivity contribution in [3.8, 4) is 6.07 Å². The summed E-state index contributed by atoms with van der Waals surface area (Å²) < 4.78 is 0. The Morgan fingerprint density at radius 1 is 1.64 bits per heavy atom. The van der Waals surface area contributed by atoms with Crippen molar-refractivity contribution in [1.29, 1.82) is 5.26 Å². The summed E-state index contributed by atoms with van der Waals surface area (Å²) in [5.74, 6) is 0.00278. The van der Waals surface area contributed by atoms with Crippen LogP contribution in [-0.2, 0) is 0 Å². The molecule has 1 saturated heterocycles. The van der Waals surface area contributed by atoms with Crippen LogP contribution in [0, 0.1) is 22.2 Å². The van der Waals surface area contributed by atoms with E-state index in [9.17, 15) is 4.91 Å². The van der Waals surface area contributed by atoms with Crippen molar-refractivity contribution in [2.45, 2.75) is 12.5 Å². The minimum atomic E-state index is 0.00278. The molecule has 0 amide bonds. The van der Waals surface area contributed by atoms with Crippen LogP contribution in [0.25, 0.3) is 0 Å². The fourth-order valence-corrected chi connectivity index (χ4v) is 1.21. The van der Waals surface area contributed by atoms with Gasteiger partial charge in [0.05, 0.1) is 18.0 Å². The van der Waals surface area contributed by atoms with Gasteiger partial charge in [-0.3, -0.25) is 5.43 Å². The zero-order valence-corrected chi connectivity index (χ0v) is 6.08. The van der Waals surface area contributed by atoms with Crippen molar-refractivity contribution >= 4 is 0 Å². The van der Waals surface area contributed by atoms with E-state index in [0.717, 1.165) is 0 Å². The molecule has 0 radical (unpaired) electrons. The Morgan fingerprint density at radius 3 is 3.09 bits per heavy atom. The van der Waals surface area contributed by atoms with Crippen LogP contribution >= 0.6 is 0 Å². The van der Waals surface area contributed by atoms with E-state index in [1.54, 1.807) is 0 Å². The van der Waals surface area contributed by atoms with Crippen LogP contribution in [0.4, 0.5) is 0 Å². The maximum atomic E-state index is 9.80. The summed E-state index contributed by atoms with van der Waals surface area (Å²) in [6.07, 6.45) is 0.704. The highest BCUT2D eigenvalue weighted by Gasteiger charge is 2.20. The van der Waals surface area contributed by atoms with Crippen molar-refractivity contribution in [2.24, 2.45) is 11.2 Å². The molecule has 0 aliphatic carbocycles. The Balaban J connectivity index is 2.34. The van der Waals surface area contributed by atoms with Crippen LogP contribution in [0.15, 0.2) is 5.29 Å². The predicted molar refractivity (Wildman–Crippen MR) is 39.3 cm³/mol. The minimum absolute atomic E-state index is 0.00278. The second kappa shape index (κ2) is 3.88. The number of nitrogens with one attached hydrogen (secondary N) is 2. The summed E-state index contributed by atoms with van der Waals surface area (Å²) in [6.45, 7) is 1.43. The molecule has 5 nitrogen and oxygen atoms in total. The van der Waals surface area contributed by atoms with Gasteiger partial charge < -0.3 is 5.32 Å². The van der Waals surface area contributed by atoms with Gasteiger partial charge in [-0.1, -0.05) is 0 Å². The first kappa shape index (κ1) is 7.95. The molecule has 0 aromatic carbocycles. The van der Waals surface area contributed by atoms with E-state index in [2.05, 4.69) is 22.1 Å². The lowest BCUT2D eigenvalue weighted by molar-refractivity contribution is 0.350. The van der Waals surface area contributed by atoms with Crippen LogP contribution < -0.4 is 10.7 Å². The minimum Gasteiger partial charge on any atom is -0.313 e. The first-order valence-electron chi connectivity index (χ1n) is 3.55. The summed E-state index contributed by atoms with van der Waals surface area (Å²) in [5.41, 5.74) is 2.40. The highest BCUT2D eigenvalue weighted by atomic mass is 16.3. The molecule has 2 atom stereocenters. The quantitative estimate of drug-likeness (QED) is 0.425. The molecule has 1 heterocycles. The van der Waals surface area contributed by atoms with Crippen molar-refractivity contribution in [1.82, 2.24) is 10.7 Å². The van der Waals surface area contributed by atoms with Gasteiger partial charge in [-0.05, 0) is 6.42 Å². The second-order valence-corrected chi connectivity index (χ2v) is 2.64. The average molecular weight is 154 g/mol. The molecular weight excluding hydrogens is 144 g/mol. The average Bonchev–Trinajstić information content (AvgIpc) is 2.06. The van der Waals surface area contributed by atoms with E-state index in [1.807, 2.05) is 0 Å². The Labute approximate surface area is 64.7 Å². The van der Waals surface area contributed by atoms with Gasteiger partial charge in [-0.15, -0.1) is 4.91 Å². The zero-order chi connectivity index (χ0) is 8.10. The lowest BCUT2D eigenvalue weighted by Gasteiger charge is -2.24. The van der Waals surface area contributed by atoms with E-state index in [4.69, 9.17) is 5.26 Å². The number of piperidine rings is 1. The van der Waals surface area contributed by atoms with E-state index in [-0.39, 0.29) is 12.0 Å². The standard InChI is InChI=1S/C6H10N4O/c7-2-5-1-6(9-10-11)4-8-3-5/h5-6,8H,1,3-4H2,(H,9,11). The van der Waals surface area contributed by atoms with Crippen LogP contribution in [0.1, 0.15) is 6.42 Å². The molecular formula is C6H10N4O. The monoisotopic (exact) mass is 154 g/mol. The SMILES string of the molecule is N#CC1CNCC(NN=O)C1. The molecule has 1 aliphatic heterocycles. The van der Waals surface area contributed by atoms with Crippen molar-refractivity contribution < 1.29 is 0 Å². The van der Waals surface area contributed by atoms with Gasteiger partial charge in [0.2, 0.25) is 0 Å². The molecule has 5 heteroatoms. The topological polar surface area (TPSA) is 77.3 Å². The van der Waals surface area contributed by atoms with Crippen molar-refractivity contribution in [3.63, 3.8) is 0 Å². The van der Waals surface area contributed by atoms with Gasteiger partial charge in [0.15, 0.2) is 0 Å². The first-order valence-corrected chi connectivity index (χ1v) is 3.55. The molecule has 1 aliphatic rings. The lowest BCUT2D eigenvalue weighted by atomic mass is 9.98. The maximum Gasteiger partial charge on any atom is 0.0670 e. The normalized spacial score (nSPS) is 30.5. The number of nitrogens with zero attached hydrogens (tertiary/aromatic N) is 2. The van der Waals surface area contributed by atoms with Crippen LogP contribution in [0.2, 0.25) is 0 Å². The summed E-state index contributed by atoms with van der Waals surface area (Å²) in [6, 6.07) is 2.17. The molecule has 1 rings (SSSR count). The molecule has 0 bridgehead atoms. The summed E-state index contributed by atoms with van der Waals surface area (Å²) in [4.78, 5) is 9.80. The summed E-state index contributed by atoms with van der Waals surface area (Å²) in [7, 11) is 0. The number of hydrogen-bond donors (Lipinski definition) is 2. The van der Waals surface area contributed by atoms with Crippen LogP contribution in [0.5, 0.6) is 0 Å². The molecule has 60 valence electrons. The zero-order valence-electron chi connectivity index (χ0n) is 6.08. The molecule has 2 unspecified atom stereocenters. The predicted octanol–water partition coefficient (Wildman–Crippen LogP) is -0.241. The van der Waals surface area contributed by atoms with E-state index in [1.165, 1.54) is 0 Å². The van der Waals surface area contributed by atoms with Crippen molar-refractivity contribution in [2.75, 3.05) is 13.1 Å². The Morgan fingerprint density at radius 2 is 2.45 bits per heavy atom. The maximum absolute atomic E-state index is 9.80. The highest BCUT2D eigenvalue weighted by Crippen LogP contribution is 2.08. The largest absolute Gasteiger partial charge is 0.313 e. The van der Waals surface area contributed by atoms with Gasteiger partial charge in [-0.25, -0.2) is 0 Å². The van der Waals surface area contributed by atoms with Gasteiger partial charge in [-0.2, -0.15) is 5.26 Å². The van der Waals surface area contributed by atoms with Crippen LogP contribution in [0.3, 0.4) is 0 Å². The molecule has 0 aromatic rings. The number of rotatable bonds is 2. The second-order valence-electron chi connectivity index (χ2n) is 2.64. The molecule has 1 fully saturated rings. The molecule has 0 spiro atoms. The van der Waals surface area contributed by atoms with E-state index < -0.39 is 0 Å². The number of nitriles is 1. The first-order chi connectivity index (χ1) is 5.36. The lowest BCUT2D eigenvalue weighted by Crippen LogP contribution is -2.44. The smallest absolute Gasteiger partial charge is 0.0670 e. The third-order valence-corrected chi connectivity index (χ3v) is 1.77. The fraction of sp³-hybridized carbons (Fsp3) is 0.833. The highest BCUT2D eigenvalue weighted by molar-refractivity contribution is 4.91.